The molecule has 0 spiro atoms. The number of hydrazine groups is 1. The average Bonchev–Trinajstić information content (AvgIpc) is 2.75. The highest BCUT2D eigenvalue weighted by Gasteiger charge is 2.14. The predicted octanol–water partition coefficient (Wildman–Crippen LogP) is 3.86. The van der Waals surface area contributed by atoms with Gasteiger partial charge in [0.05, 0.1) is 6.04 Å². The van der Waals surface area contributed by atoms with Crippen LogP contribution < -0.4 is 11.3 Å². The van der Waals surface area contributed by atoms with Crippen LogP contribution in [0, 0.1) is 3.57 Å². The van der Waals surface area contributed by atoms with Gasteiger partial charge in [0.15, 0.2) is 0 Å². The van der Waals surface area contributed by atoms with Crippen molar-refractivity contribution in [1.82, 2.24) is 5.43 Å². The maximum Gasteiger partial charge on any atom is 0.0604 e. The molecule has 90 valence electrons. The third-order valence-electron chi connectivity index (χ3n) is 2.52. The molecule has 17 heavy (non-hydrogen) atoms. The monoisotopic (exact) mass is 422 g/mol. The number of hydrogen-bond donors (Lipinski definition) is 2. The molecule has 0 saturated carbocycles. The third-order valence-corrected chi connectivity index (χ3v) is 5.22. The van der Waals surface area contributed by atoms with Crippen LogP contribution in [-0.4, -0.2) is 0 Å². The van der Waals surface area contributed by atoms with E-state index in [0.717, 1.165) is 10.9 Å². The van der Waals surface area contributed by atoms with Gasteiger partial charge in [-0.3, -0.25) is 11.3 Å². The Morgan fingerprint density at radius 3 is 2.53 bits per heavy atom. The van der Waals surface area contributed by atoms with Crippen LogP contribution in [0.3, 0.4) is 0 Å². The zero-order chi connectivity index (χ0) is 12.3. The highest BCUT2D eigenvalue weighted by atomic mass is 127. The normalized spacial score (nSPS) is 12.6. The Bertz CT molecular complexity index is 484. The first kappa shape index (κ1) is 13.5. The molecule has 1 aromatic heterocycles. The highest BCUT2D eigenvalue weighted by Crippen LogP contribution is 2.30. The maximum absolute atomic E-state index is 5.64. The molecule has 5 heteroatoms. The molecule has 1 aromatic carbocycles. The summed E-state index contributed by atoms with van der Waals surface area (Å²) in [5.74, 6) is 5.64. The summed E-state index contributed by atoms with van der Waals surface area (Å²) in [6.45, 7) is 0. The quantitative estimate of drug-likeness (QED) is 0.446. The van der Waals surface area contributed by atoms with E-state index < -0.39 is 0 Å². The van der Waals surface area contributed by atoms with Gasteiger partial charge < -0.3 is 0 Å². The minimum Gasteiger partial charge on any atom is -0.271 e. The second kappa shape index (κ2) is 6.29. The van der Waals surface area contributed by atoms with Gasteiger partial charge in [-0.2, -0.15) is 0 Å². The van der Waals surface area contributed by atoms with Crippen molar-refractivity contribution in [2.24, 2.45) is 5.84 Å². The van der Waals surface area contributed by atoms with Crippen LogP contribution in [0.15, 0.2) is 40.2 Å². The lowest BCUT2D eigenvalue weighted by Crippen LogP contribution is -2.29. The van der Waals surface area contributed by atoms with Gasteiger partial charge in [-0.25, -0.2) is 0 Å². The molecular formula is C12H12BrIN2S. The van der Waals surface area contributed by atoms with Crippen LogP contribution in [0.2, 0.25) is 0 Å². The first-order chi connectivity index (χ1) is 8.20. The van der Waals surface area contributed by atoms with Gasteiger partial charge in [0.2, 0.25) is 0 Å². The lowest BCUT2D eigenvalue weighted by atomic mass is 10.1. The predicted molar refractivity (Wildman–Crippen MR) is 84.9 cm³/mol. The summed E-state index contributed by atoms with van der Waals surface area (Å²) in [5.41, 5.74) is 4.17. The van der Waals surface area contributed by atoms with Gasteiger partial charge >= 0.3 is 0 Å². The fourth-order valence-electron chi connectivity index (χ4n) is 1.64. The van der Waals surface area contributed by atoms with Crippen molar-refractivity contribution in [2.75, 3.05) is 0 Å². The van der Waals surface area contributed by atoms with Crippen molar-refractivity contribution in [2.45, 2.75) is 12.5 Å². The third kappa shape index (κ3) is 3.51. The van der Waals surface area contributed by atoms with Crippen LogP contribution in [0.25, 0.3) is 0 Å². The van der Waals surface area contributed by atoms with Crippen LogP contribution in [-0.2, 0) is 6.42 Å². The topological polar surface area (TPSA) is 38.0 Å². The SMILES string of the molecule is NNC(Cc1ccc(I)cc1)c1sccc1Br. The molecular weight excluding hydrogens is 411 g/mol. The second-order valence-electron chi connectivity index (χ2n) is 3.68. The highest BCUT2D eigenvalue weighted by molar-refractivity contribution is 14.1. The molecule has 0 saturated heterocycles. The standard InChI is InChI=1S/C12H12BrIN2S/c13-10-5-6-17-12(10)11(16-15)7-8-1-3-9(14)4-2-8/h1-6,11,16H,7,15H2. The minimum absolute atomic E-state index is 0.157. The fourth-order valence-corrected chi connectivity index (χ4v) is 3.71. The Labute approximate surface area is 127 Å². The molecule has 3 N–H and O–H groups in total. The van der Waals surface area contributed by atoms with Crippen LogP contribution in [0.5, 0.6) is 0 Å². The lowest BCUT2D eigenvalue weighted by Gasteiger charge is -2.15. The number of thiophene rings is 1. The molecule has 2 nitrogen and oxygen atoms in total. The summed E-state index contributed by atoms with van der Waals surface area (Å²) in [4.78, 5) is 1.24. The molecule has 0 aliphatic carbocycles. The van der Waals surface area contributed by atoms with E-state index in [1.807, 2.05) is 0 Å². The van der Waals surface area contributed by atoms with Gasteiger partial charge in [-0.1, -0.05) is 12.1 Å². The molecule has 0 radical (unpaired) electrons. The minimum atomic E-state index is 0.157. The lowest BCUT2D eigenvalue weighted by molar-refractivity contribution is 0.559. The zero-order valence-corrected chi connectivity index (χ0v) is 13.6. The summed E-state index contributed by atoms with van der Waals surface area (Å²) in [6.07, 6.45) is 0.895. The number of nitrogens with one attached hydrogen (secondary N) is 1. The molecule has 2 rings (SSSR count). The van der Waals surface area contributed by atoms with Gasteiger partial charge in [0.1, 0.15) is 0 Å². The first-order valence-corrected chi connectivity index (χ1v) is 7.89. The summed E-state index contributed by atoms with van der Waals surface area (Å²) in [6, 6.07) is 10.7. The van der Waals surface area contributed by atoms with Gasteiger partial charge in [-0.05, 0) is 74.1 Å². The number of hydrogen-bond acceptors (Lipinski definition) is 3. The number of rotatable bonds is 4. The van der Waals surface area contributed by atoms with Crippen molar-refractivity contribution in [3.8, 4) is 0 Å². The van der Waals surface area contributed by atoms with E-state index in [1.54, 1.807) is 11.3 Å². The molecule has 0 amide bonds. The molecule has 0 aliphatic rings. The molecule has 1 heterocycles. The number of halogens is 2. The van der Waals surface area contributed by atoms with E-state index in [4.69, 9.17) is 5.84 Å². The molecule has 0 aliphatic heterocycles. The van der Waals surface area contributed by atoms with Crippen molar-refractivity contribution in [3.63, 3.8) is 0 Å². The van der Waals surface area contributed by atoms with Crippen LogP contribution in [0.1, 0.15) is 16.5 Å². The molecule has 1 atom stereocenters. The van der Waals surface area contributed by atoms with Gasteiger partial charge in [0, 0.05) is 12.9 Å². The average molecular weight is 423 g/mol. The Morgan fingerprint density at radius 2 is 2.00 bits per heavy atom. The van der Waals surface area contributed by atoms with Gasteiger partial charge in [-0.15, -0.1) is 11.3 Å². The Hall–Kier alpha value is 0.0500. The van der Waals surface area contributed by atoms with Crippen molar-refractivity contribution >= 4 is 49.9 Å². The van der Waals surface area contributed by atoms with Gasteiger partial charge in [0.25, 0.3) is 0 Å². The Balaban J connectivity index is 2.16. The number of benzene rings is 1. The molecule has 0 fully saturated rings. The van der Waals surface area contributed by atoms with E-state index in [-0.39, 0.29) is 6.04 Å². The summed E-state index contributed by atoms with van der Waals surface area (Å²) < 4.78 is 2.37. The first-order valence-electron chi connectivity index (χ1n) is 5.14. The molecule has 1 unspecified atom stereocenters. The van der Waals surface area contributed by atoms with E-state index >= 15 is 0 Å². The summed E-state index contributed by atoms with van der Waals surface area (Å²) >= 11 is 7.57. The van der Waals surface area contributed by atoms with Crippen LogP contribution in [0.4, 0.5) is 0 Å². The van der Waals surface area contributed by atoms with Crippen LogP contribution >= 0.6 is 49.9 Å². The smallest absolute Gasteiger partial charge is 0.0604 e. The number of nitrogens with two attached hydrogens (primary N) is 1. The van der Waals surface area contributed by atoms with E-state index in [9.17, 15) is 0 Å². The van der Waals surface area contributed by atoms with Crippen molar-refractivity contribution < 1.29 is 0 Å². The van der Waals surface area contributed by atoms with Crippen molar-refractivity contribution in [1.29, 1.82) is 0 Å². The Morgan fingerprint density at radius 1 is 1.29 bits per heavy atom. The molecule has 0 bridgehead atoms. The van der Waals surface area contributed by atoms with Crippen molar-refractivity contribution in [3.05, 3.63) is 54.2 Å². The van der Waals surface area contributed by atoms with E-state index in [1.165, 1.54) is 14.0 Å². The summed E-state index contributed by atoms with van der Waals surface area (Å²) in [5, 5.41) is 2.07. The summed E-state index contributed by atoms with van der Waals surface area (Å²) in [7, 11) is 0. The second-order valence-corrected chi connectivity index (χ2v) is 6.73. The Kier molecular flexibility index (Phi) is 4.98. The van der Waals surface area contributed by atoms with E-state index in [0.29, 0.717) is 0 Å². The maximum atomic E-state index is 5.64. The molecule has 2 aromatic rings. The fraction of sp³-hybridized carbons (Fsp3) is 0.167. The zero-order valence-electron chi connectivity index (χ0n) is 8.99. The van der Waals surface area contributed by atoms with E-state index in [2.05, 4.69) is 79.7 Å². The largest absolute Gasteiger partial charge is 0.271 e.